The SMILES string of the molecule is COc1cc([N+](=O)[O-])ccc1NC(=O)C(C)Sc1nc(C)c(C)n1CC(C)C. The predicted octanol–water partition coefficient (Wildman–Crippen LogP) is 4.19. The first kappa shape index (κ1) is 21.7. The summed E-state index contributed by atoms with van der Waals surface area (Å²) in [6.45, 7) is 10.9. The van der Waals surface area contributed by atoms with Crippen LogP contribution in [0.2, 0.25) is 0 Å². The summed E-state index contributed by atoms with van der Waals surface area (Å²) < 4.78 is 7.31. The minimum atomic E-state index is -0.508. The third-order valence-electron chi connectivity index (χ3n) is 4.28. The summed E-state index contributed by atoms with van der Waals surface area (Å²) in [6.07, 6.45) is 0. The van der Waals surface area contributed by atoms with Gasteiger partial charge in [-0.1, -0.05) is 25.6 Å². The molecule has 0 aliphatic carbocycles. The average Bonchev–Trinajstić information content (AvgIpc) is 2.88. The van der Waals surface area contributed by atoms with Gasteiger partial charge in [-0.2, -0.15) is 0 Å². The second-order valence-corrected chi connectivity index (χ2v) is 8.27. The van der Waals surface area contributed by atoms with Crippen LogP contribution >= 0.6 is 11.8 Å². The molecule has 152 valence electrons. The van der Waals surface area contributed by atoms with Crippen LogP contribution in [0, 0.1) is 29.9 Å². The molecule has 0 spiro atoms. The molecule has 1 aromatic heterocycles. The highest BCUT2D eigenvalue weighted by Crippen LogP contribution is 2.31. The van der Waals surface area contributed by atoms with Gasteiger partial charge in [-0.3, -0.25) is 14.9 Å². The zero-order valence-electron chi connectivity index (χ0n) is 17.0. The molecule has 1 N–H and O–H groups in total. The third kappa shape index (κ3) is 5.03. The van der Waals surface area contributed by atoms with Crippen LogP contribution in [0.1, 0.15) is 32.2 Å². The van der Waals surface area contributed by atoms with Gasteiger partial charge in [0, 0.05) is 18.3 Å². The van der Waals surface area contributed by atoms with Crippen molar-refractivity contribution in [2.75, 3.05) is 12.4 Å². The van der Waals surface area contributed by atoms with Crippen molar-refractivity contribution >= 4 is 29.0 Å². The molecule has 8 nitrogen and oxygen atoms in total. The van der Waals surface area contributed by atoms with Gasteiger partial charge in [-0.15, -0.1) is 0 Å². The lowest BCUT2D eigenvalue weighted by Gasteiger charge is -2.16. The molecule has 1 heterocycles. The average molecular weight is 407 g/mol. The molecule has 0 saturated carbocycles. The zero-order valence-corrected chi connectivity index (χ0v) is 17.8. The van der Waals surface area contributed by atoms with Gasteiger partial charge < -0.3 is 14.6 Å². The van der Waals surface area contributed by atoms with Crippen molar-refractivity contribution in [1.29, 1.82) is 0 Å². The fourth-order valence-electron chi connectivity index (χ4n) is 2.64. The van der Waals surface area contributed by atoms with E-state index in [1.807, 2.05) is 13.8 Å². The number of thioether (sulfide) groups is 1. The number of imidazole rings is 1. The second-order valence-electron chi connectivity index (χ2n) is 6.96. The highest BCUT2D eigenvalue weighted by Gasteiger charge is 2.22. The van der Waals surface area contributed by atoms with Crippen molar-refractivity contribution in [3.8, 4) is 5.75 Å². The molecule has 0 bridgehead atoms. The maximum atomic E-state index is 12.7. The molecular formula is C19H26N4O4S. The molecule has 1 amide bonds. The number of rotatable bonds is 8. The first-order valence-electron chi connectivity index (χ1n) is 8.97. The van der Waals surface area contributed by atoms with Crippen LogP contribution in [-0.2, 0) is 11.3 Å². The van der Waals surface area contributed by atoms with E-state index in [2.05, 4.69) is 28.7 Å². The Bertz CT molecular complexity index is 879. The van der Waals surface area contributed by atoms with Gasteiger partial charge in [0.15, 0.2) is 5.16 Å². The number of ether oxygens (including phenoxy) is 1. The highest BCUT2D eigenvalue weighted by molar-refractivity contribution is 8.00. The smallest absolute Gasteiger partial charge is 0.273 e. The minimum Gasteiger partial charge on any atom is -0.494 e. The number of nitrogens with one attached hydrogen (secondary N) is 1. The number of nitro benzene ring substituents is 1. The van der Waals surface area contributed by atoms with E-state index in [-0.39, 0.29) is 17.3 Å². The van der Waals surface area contributed by atoms with Gasteiger partial charge in [0.2, 0.25) is 5.91 Å². The van der Waals surface area contributed by atoms with Crippen molar-refractivity contribution in [1.82, 2.24) is 9.55 Å². The van der Waals surface area contributed by atoms with Gasteiger partial charge in [0.05, 0.1) is 34.7 Å². The summed E-state index contributed by atoms with van der Waals surface area (Å²) in [6, 6.07) is 4.09. The number of aryl methyl sites for hydroxylation is 1. The lowest BCUT2D eigenvalue weighted by molar-refractivity contribution is -0.384. The van der Waals surface area contributed by atoms with Crippen molar-refractivity contribution in [2.24, 2.45) is 5.92 Å². The van der Waals surface area contributed by atoms with E-state index >= 15 is 0 Å². The standard InChI is InChI=1S/C19H26N4O4S/c1-11(2)10-22-13(4)12(3)20-19(22)28-14(5)18(24)21-16-8-7-15(23(25)26)9-17(16)27-6/h7-9,11,14H,10H2,1-6H3,(H,21,24). The predicted molar refractivity (Wildman–Crippen MR) is 110 cm³/mol. The summed E-state index contributed by atoms with van der Waals surface area (Å²) in [4.78, 5) is 27.7. The number of nitrogens with zero attached hydrogens (tertiary/aromatic N) is 3. The number of non-ortho nitro benzene ring substituents is 1. The van der Waals surface area contributed by atoms with Crippen LogP contribution in [-0.4, -0.2) is 32.7 Å². The Morgan fingerprint density at radius 2 is 2.04 bits per heavy atom. The summed E-state index contributed by atoms with van der Waals surface area (Å²) in [5.74, 6) is 0.472. The fraction of sp³-hybridized carbons (Fsp3) is 0.474. The molecule has 9 heteroatoms. The Kier molecular flexibility index (Phi) is 7.06. The van der Waals surface area contributed by atoms with Gasteiger partial charge in [0.25, 0.3) is 5.69 Å². The Balaban J connectivity index is 2.16. The third-order valence-corrected chi connectivity index (χ3v) is 5.37. The number of carbonyl (C=O) groups is 1. The summed E-state index contributed by atoms with van der Waals surface area (Å²) >= 11 is 1.39. The Morgan fingerprint density at radius 3 is 2.61 bits per heavy atom. The fourth-order valence-corrected chi connectivity index (χ4v) is 3.65. The lowest BCUT2D eigenvalue weighted by Crippen LogP contribution is -2.23. The van der Waals surface area contributed by atoms with E-state index in [0.29, 0.717) is 11.6 Å². The van der Waals surface area contributed by atoms with E-state index in [1.54, 1.807) is 6.92 Å². The van der Waals surface area contributed by atoms with Crippen LogP contribution in [0.5, 0.6) is 5.75 Å². The number of benzene rings is 1. The van der Waals surface area contributed by atoms with Crippen molar-refractivity contribution < 1.29 is 14.5 Å². The molecule has 1 aromatic carbocycles. The second kappa shape index (κ2) is 9.09. The molecule has 0 radical (unpaired) electrons. The number of hydrogen-bond donors (Lipinski definition) is 1. The van der Waals surface area contributed by atoms with Crippen molar-refractivity contribution in [2.45, 2.75) is 51.6 Å². The highest BCUT2D eigenvalue weighted by atomic mass is 32.2. The Morgan fingerprint density at radius 1 is 1.36 bits per heavy atom. The first-order chi connectivity index (χ1) is 13.1. The summed E-state index contributed by atoms with van der Waals surface area (Å²) in [5, 5.41) is 14.1. The van der Waals surface area contributed by atoms with Crippen LogP contribution < -0.4 is 10.1 Å². The molecule has 1 unspecified atom stereocenters. The number of aromatic nitrogens is 2. The normalized spacial score (nSPS) is 12.1. The van der Waals surface area contributed by atoms with E-state index in [1.165, 1.54) is 37.1 Å². The molecule has 0 saturated heterocycles. The number of hydrogen-bond acceptors (Lipinski definition) is 6. The molecule has 28 heavy (non-hydrogen) atoms. The number of carbonyl (C=O) groups excluding carboxylic acids is 1. The number of amides is 1. The van der Waals surface area contributed by atoms with Gasteiger partial charge in [-0.25, -0.2) is 4.98 Å². The van der Waals surface area contributed by atoms with Gasteiger partial charge in [-0.05, 0) is 32.8 Å². The van der Waals surface area contributed by atoms with E-state index < -0.39 is 10.2 Å². The van der Waals surface area contributed by atoms with Crippen LogP contribution in [0.4, 0.5) is 11.4 Å². The summed E-state index contributed by atoms with van der Waals surface area (Å²) in [7, 11) is 1.40. The monoisotopic (exact) mass is 406 g/mol. The van der Waals surface area contributed by atoms with Crippen LogP contribution in [0.25, 0.3) is 0 Å². The summed E-state index contributed by atoms with van der Waals surface area (Å²) in [5.41, 5.74) is 2.34. The van der Waals surface area contributed by atoms with Crippen molar-refractivity contribution in [3.05, 3.63) is 39.7 Å². The Hall–Kier alpha value is -2.55. The molecule has 0 aliphatic heterocycles. The van der Waals surface area contributed by atoms with Crippen LogP contribution in [0.15, 0.2) is 23.4 Å². The Labute approximate surface area is 168 Å². The van der Waals surface area contributed by atoms with Crippen molar-refractivity contribution in [3.63, 3.8) is 0 Å². The van der Waals surface area contributed by atoms with Gasteiger partial charge >= 0.3 is 0 Å². The number of anilines is 1. The molecule has 0 fully saturated rings. The zero-order chi connectivity index (χ0) is 21.0. The molecule has 1 atom stereocenters. The molecular weight excluding hydrogens is 380 g/mol. The maximum absolute atomic E-state index is 12.7. The molecule has 2 aromatic rings. The number of methoxy groups -OCH3 is 1. The molecule has 2 rings (SSSR count). The van der Waals surface area contributed by atoms with E-state index in [4.69, 9.17) is 4.74 Å². The van der Waals surface area contributed by atoms with E-state index in [0.717, 1.165) is 23.1 Å². The topological polar surface area (TPSA) is 99.3 Å². The van der Waals surface area contributed by atoms with Gasteiger partial charge in [0.1, 0.15) is 5.75 Å². The quantitative estimate of drug-likeness (QED) is 0.401. The van der Waals surface area contributed by atoms with Crippen LogP contribution in [0.3, 0.4) is 0 Å². The lowest BCUT2D eigenvalue weighted by atomic mass is 10.2. The molecule has 0 aliphatic rings. The van der Waals surface area contributed by atoms with E-state index in [9.17, 15) is 14.9 Å². The largest absolute Gasteiger partial charge is 0.494 e. The maximum Gasteiger partial charge on any atom is 0.273 e. The first-order valence-corrected chi connectivity index (χ1v) is 9.85. The minimum absolute atomic E-state index is 0.0982. The number of nitro groups is 1.